The minimum atomic E-state index is -0.582. The van der Waals surface area contributed by atoms with Crippen molar-refractivity contribution in [2.24, 2.45) is 5.73 Å². The van der Waals surface area contributed by atoms with E-state index in [9.17, 15) is 4.79 Å². The van der Waals surface area contributed by atoms with E-state index in [1.165, 1.54) is 0 Å². The Morgan fingerprint density at radius 3 is 2.26 bits per heavy atom. The lowest BCUT2D eigenvalue weighted by molar-refractivity contribution is -0.126. The Morgan fingerprint density at radius 1 is 1.21 bits per heavy atom. The zero-order valence-corrected chi connectivity index (χ0v) is 13.7. The number of nitrogens with two attached hydrogens (primary N) is 1. The summed E-state index contributed by atoms with van der Waals surface area (Å²) in [7, 11) is 0. The van der Waals surface area contributed by atoms with Gasteiger partial charge in [-0.15, -0.1) is 24.8 Å². The molecule has 0 saturated heterocycles. The smallest absolute Gasteiger partial charge is 0.240 e. The molecule has 6 heteroatoms. The molecule has 0 unspecified atom stereocenters. The number of nitrogens with zero attached hydrogens (tertiary/aromatic N) is 1. The van der Waals surface area contributed by atoms with E-state index in [2.05, 4.69) is 24.1 Å². The zero-order valence-electron chi connectivity index (χ0n) is 12.1. The Bertz CT molecular complexity index is 246. The van der Waals surface area contributed by atoms with Crippen LogP contribution in [0.3, 0.4) is 0 Å². The monoisotopic (exact) mass is 313 g/mol. The van der Waals surface area contributed by atoms with Crippen LogP contribution in [0.15, 0.2) is 0 Å². The van der Waals surface area contributed by atoms with Gasteiger partial charge < -0.3 is 16.0 Å². The number of amides is 1. The van der Waals surface area contributed by atoms with Crippen molar-refractivity contribution in [2.75, 3.05) is 26.2 Å². The van der Waals surface area contributed by atoms with Crippen LogP contribution in [-0.2, 0) is 4.79 Å². The van der Waals surface area contributed by atoms with E-state index in [0.29, 0.717) is 6.54 Å². The van der Waals surface area contributed by atoms with Gasteiger partial charge in [0.25, 0.3) is 0 Å². The van der Waals surface area contributed by atoms with Gasteiger partial charge in [-0.3, -0.25) is 4.79 Å². The van der Waals surface area contributed by atoms with Gasteiger partial charge in [-0.2, -0.15) is 0 Å². The molecule has 1 rings (SSSR count). The van der Waals surface area contributed by atoms with E-state index in [0.717, 1.165) is 51.7 Å². The molecule has 19 heavy (non-hydrogen) atoms. The van der Waals surface area contributed by atoms with Gasteiger partial charge in [0.1, 0.15) is 0 Å². The van der Waals surface area contributed by atoms with Gasteiger partial charge in [0.05, 0.1) is 5.54 Å². The summed E-state index contributed by atoms with van der Waals surface area (Å²) < 4.78 is 0. The van der Waals surface area contributed by atoms with Crippen LogP contribution in [0.2, 0.25) is 0 Å². The highest BCUT2D eigenvalue weighted by Crippen LogP contribution is 2.26. The average Bonchev–Trinajstić information content (AvgIpc) is 2.76. The van der Waals surface area contributed by atoms with Crippen molar-refractivity contribution >= 4 is 30.7 Å². The number of hydrogen-bond donors (Lipinski definition) is 2. The van der Waals surface area contributed by atoms with Crippen molar-refractivity contribution in [3.63, 3.8) is 0 Å². The fourth-order valence-electron chi connectivity index (χ4n) is 2.48. The van der Waals surface area contributed by atoms with Crippen LogP contribution >= 0.6 is 24.8 Å². The molecule has 0 aromatic carbocycles. The maximum atomic E-state index is 11.9. The van der Waals surface area contributed by atoms with Crippen LogP contribution in [0.5, 0.6) is 0 Å². The van der Waals surface area contributed by atoms with Gasteiger partial charge in [-0.05, 0) is 32.4 Å². The molecule has 4 nitrogen and oxygen atoms in total. The van der Waals surface area contributed by atoms with Crippen LogP contribution in [0.1, 0.15) is 46.0 Å². The normalized spacial score (nSPS) is 16.6. The lowest BCUT2D eigenvalue weighted by Crippen LogP contribution is -2.53. The largest absolute Gasteiger partial charge is 0.353 e. The summed E-state index contributed by atoms with van der Waals surface area (Å²) in [6.07, 6.45) is 5.00. The van der Waals surface area contributed by atoms with Crippen molar-refractivity contribution in [2.45, 2.75) is 51.5 Å². The second kappa shape index (κ2) is 10.7. The highest BCUT2D eigenvalue weighted by molar-refractivity contribution is 5.86. The zero-order chi connectivity index (χ0) is 12.7. The lowest BCUT2D eigenvalue weighted by atomic mass is 9.98. The second-order valence-electron chi connectivity index (χ2n) is 5.05. The van der Waals surface area contributed by atoms with E-state index >= 15 is 0 Å². The third kappa shape index (κ3) is 6.80. The fraction of sp³-hybridized carbons (Fsp3) is 0.923. The molecule has 3 N–H and O–H groups in total. The minimum Gasteiger partial charge on any atom is -0.353 e. The van der Waals surface area contributed by atoms with Crippen molar-refractivity contribution in [3.05, 3.63) is 0 Å². The third-order valence-electron chi connectivity index (χ3n) is 3.65. The van der Waals surface area contributed by atoms with Crippen LogP contribution < -0.4 is 11.1 Å². The van der Waals surface area contributed by atoms with E-state index in [1.54, 1.807) is 0 Å². The number of carbonyl (C=O) groups is 1. The van der Waals surface area contributed by atoms with Crippen molar-refractivity contribution < 1.29 is 4.79 Å². The maximum absolute atomic E-state index is 11.9. The molecule has 0 atom stereocenters. The molecule has 0 aromatic heterocycles. The molecule has 1 aliphatic carbocycles. The molecule has 1 fully saturated rings. The quantitative estimate of drug-likeness (QED) is 0.755. The Labute approximate surface area is 129 Å². The molecule has 1 amide bonds. The molecule has 0 spiro atoms. The molecule has 0 heterocycles. The summed E-state index contributed by atoms with van der Waals surface area (Å²) in [5, 5.41) is 2.98. The summed E-state index contributed by atoms with van der Waals surface area (Å²) in [6.45, 7) is 8.10. The molecular weight excluding hydrogens is 285 g/mol. The predicted octanol–water partition coefficient (Wildman–Crippen LogP) is 1.95. The first-order valence-electron chi connectivity index (χ1n) is 6.92. The van der Waals surface area contributed by atoms with Crippen molar-refractivity contribution in [1.82, 2.24) is 10.2 Å². The molecule has 116 valence electrons. The molecular formula is C13H29Cl2N3O. The number of carbonyl (C=O) groups excluding carboxylic acids is 1. The molecule has 0 aliphatic heterocycles. The highest BCUT2D eigenvalue weighted by atomic mass is 35.5. The van der Waals surface area contributed by atoms with Crippen molar-refractivity contribution in [3.8, 4) is 0 Å². The van der Waals surface area contributed by atoms with Gasteiger partial charge in [0.2, 0.25) is 5.91 Å². The second-order valence-corrected chi connectivity index (χ2v) is 5.05. The van der Waals surface area contributed by atoms with Gasteiger partial charge in [-0.25, -0.2) is 0 Å². The average molecular weight is 314 g/mol. The predicted molar refractivity (Wildman–Crippen MR) is 85.3 cm³/mol. The summed E-state index contributed by atoms with van der Waals surface area (Å²) in [5.41, 5.74) is 5.50. The minimum absolute atomic E-state index is 0. The van der Waals surface area contributed by atoms with Crippen LogP contribution in [-0.4, -0.2) is 42.5 Å². The Kier molecular flexibility index (Phi) is 12.0. The van der Waals surface area contributed by atoms with Crippen LogP contribution in [0.4, 0.5) is 0 Å². The third-order valence-corrected chi connectivity index (χ3v) is 3.65. The van der Waals surface area contributed by atoms with Crippen molar-refractivity contribution in [1.29, 1.82) is 0 Å². The Morgan fingerprint density at radius 2 is 1.79 bits per heavy atom. The van der Waals surface area contributed by atoms with E-state index in [-0.39, 0.29) is 30.7 Å². The summed E-state index contributed by atoms with van der Waals surface area (Å²) >= 11 is 0. The van der Waals surface area contributed by atoms with E-state index in [4.69, 9.17) is 5.73 Å². The van der Waals surface area contributed by atoms with E-state index < -0.39 is 5.54 Å². The molecule has 0 aromatic rings. The van der Waals surface area contributed by atoms with Gasteiger partial charge in [0, 0.05) is 13.1 Å². The molecule has 0 bridgehead atoms. The van der Waals surface area contributed by atoms with Gasteiger partial charge in [0.15, 0.2) is 0 Å². The van der Waals surface area contributed by atoms with Gasteiger partial charge >= 0.3 is 0 Å². The first-order chi connectivity index (χ1) is 8.12. The van der Waals surface area contributed by atoms with Crippen LogP contribution in [0.25, 0.3) is 0 Å². The summed E-state index contributed by atoms with van der Waals surface area (Å²) in [4.78, 5) is 14.3. The summed E-state index contributed by atoms with van der Waals surface area (Å²) in [6, 6.07) is 0. The Hall–Kier alpha value is -0.0300. The lowest BCUT2D eigenvalue weighted by Gasteiger charge is -2.24. The number of halogens is 2. The highest BCUT2D eigenvalue weighted by Gasteiger charge is 2.36. The number of likely N-dealkylation sites (N-methyl/N-ethyl adjacent to an activating group) is 1. The SMILES string of the molecule is CCCN(CC)CCNC(=O)C1(N)CCCC1.Cl.Cl. The summed E-state index contributed by atoms with van der Waals surface area (Å²) in [5.74, 6) is 0.0440. The topological polar surface area (TPSA) is 58.4 Å². The molecule has 1 saturated carbocycles. The molecule has 1 aliphatic rings. The van der Waals surface area contributed by atoms with E-state index in [1.807, 2.05) is 0 Å². The van der Waals surface area contributed by atoms with Crippen LogP contribution in [0, 0.1) is 0 Å². The maximum Gasteiger partial charge on any atom is 0.240 e. The Balaban J connectivity index is 0. The fourth-order valence-corrected chi connectivity index (χ4v) is 2.48. The number of hydrogen-bond acceptors (Lipinski definition) is 3. The van der Waals surface area contributed by atoms with Gasteiger partial charge in [-0.1, -0.05) is 26.7 Å². The standard InChI is InChI=1S/C13H27N3O.2ClH/c1-3-10-16(4-2)11-9-15-12(17)13(14)7-5-6-8-13;;/h3-11,14H2,1-2H3,(H,15,17);2*1H. The first-order valence-corrected chi connectivity index (χ1v) is 6.92. The number of nitrogens with one attached hydrogen (secondary N) is 1. The first kappa shape index (κ1) is 21.3. The number of rotatable bonds is 7. The molecule has 0 radical (unpaired) electrons.